The number of hydrogen-bond acceptors (Lipinski definition) is 5. The van der Waals surface area contributed by atoms with Gasteiger partial charge >= 0.3 is 11.9 Å². The summed E-state index contributed by atoms with van der Waals surface area (Å²) in [6, 6.07) is 50.6. The topological polar surface area (TPSA) is 102 Å². The van der Waals surface area contributed by atoms with E-state index in [0.717, 1.165) is 27.8 Å². The van der Waals surface area contributed by atoms with Gasteiger partial charge in [0.2, 0.25) is 0 Å². The predicted molar refractivity (Wildman–Crippen MR) is 235 cm³/mol. The zero-order valence-corrected chi connectivity index (χ0v) is 34.3. The molecule has 0 aliphatic rings. The molecular formula is C50H37BrClFN2O5. The first-order valence-corrected chi connectivity index (χ1v) is 20.2. The molecule has 0 aliphatic carbocycles. The van der Waals surface area contributed by atoms with Crippen molar-refractivity contribution in [3.05, 3.63) is 213 Å². The van der Waals surface area contributed by atoms with Gasteiger partial charge in [-0.2, -0.15) is 0 Å². The highest BCUT2D eigenvalue weighted by Gasteiger charge is 2.26. The Morgan fingerprint density at radius 1 is 0.500 bits per heavy atom. The van der Waals surface area contributed by atoms with E-state index >= 15 is 0 Å². The van der Waals surface area contributed by atoms with Crippen LogP contribution in [0.5, 0.6) is 0 Å². The summed E-state index contributed by atoms with van der Waals surface area (Å²) in [5.74, 6) is -3.13. The van der Waals surface area contributed by atoms with E-state index < -0.39 is 41.7 Å². The van der Waals surface area contributed by atoms with Gasteiger partial charge in [0.1, 0.15) is 5.82 Å². The number of carbonyl (C=O) groups excluding carboxylic acids is 4. The van der Waals surface area contributed by atoms with Crippen LogP contribution in [0, 0.1) is 5.82 Å². The maximum absolute atomic E-state index is 13.8. The standard InChI is InChI=1S/C50H37BrClFN2O5/c51-42-13-7-12-41(28-42)50(59)55-46(38-22-16-35(17-23-38)33-10-5-2-6-11-33)31-48(57)60-47(56)30-45(37-20-14-34(15-21-37)32-8-3-1-4-9-32)54-49(58)39-24-18-36(19-25-39)40-26-27-44(53)43(52)29-40/h1-29,45-46H,30-31H2,(H,54,58)(H,55,59). The molecule has 0 spiro atoms. The summed E-state index contributed by atoms with van der Waals surface area (Å²) in [7, 11) is 0. The number of carbonyl (C=O) groups is 4. The van der Waals surface area contributed by atoms with Crippen molar-refractivity contribution >= 4 is 51.3 Å². The average Bonchev–Trinajstić information content (AvgIpc) is 3.27. The monoisotopic (exact) mass is 878 g/mol. The first kappa shape index (κ1) is 41.5. The van der Waals surface area contributed by atoms with Gasteiger partial charge in [0.05, 0.1) is 29.9 Å². The Hall–Kier alpha value is -6.68. The summed E-state index contributed by atoms with van der Waals surface area (Å²) in [5, 5.41) is 5.86. The zero-order chi connectivity index (χ0) is 42.0. The Labute approximate surface area is 360 Å². The third-order valence-electron chi connectivity index (χ3n) is 9.91. The fraction of sp³-hybridized carbons (Fsp3) is 0.0800. The Bertz CT molecular complexity index is 2620. The van der Waals surface area contributed by atoms with E-state index in [1.165, 1.54) is 12.1 Å². The number of rotatable bonds is 13. The molecule has 298 valence electrons. The molecule has 7 aromatic carbocycles. The van der Waals surface area contributed by atoms with Gasteiger partial charge in [0.15, 0.2) is 0 Å². The van der Waals surface area contributed by atoms with Crippen LogP contribution in [0.2, 0.25) is 5.02 Å². The molecule has 7 nitrogen and oxygen atoms in total. The quantitative estimate of drug-likeness (QED) is 0.0887. The second-order valence-electron chi connectivity index (χ2n) is 14.0. The lowest BCUT2D eigenvalue weighted by atomic mass is 9.98. The molecule has 0 fully saturated rings. The molecule has 0 heterocycles. The third kappa shape index (κ3) is 10.7. The van der Waals surface area contributed by atoms with Crippen LogP contribution in [0.25, 0.3) is 33.4 Å². The first-order chi connectivity index (χ1) is 29.1. The summed E-state index contributed by atoms with van der Waals surface area (Å²) in [6.45, 7) is 0. The molecule has 10 heteroatoms. The number of esters is 2. The van der Waals surface area contributed by atoms with Crippen molar-refractivity contribution in [1.29, 1.82) is 0 Å². The van der Waals surface area contributed by atoms with Crippen LogP contribution in [-0.2, 0) is 14.3 Å². The molecule has 0 aliphatic heterocycles. The van der Waals surface area contributed by atoms with Crippen molar-refractivity contribution in [3.63, 3.8) is 0 Å². The minimum absolute atomic E-state index is 0.0147. The molecule has 2 atom stereocenters. The smallest absolute Gasteiger partial charge is 0.315 e. The lowest BCUT2D eigenvalue weighted by Crippen LogP contribution is -2.32. The Balaban J connectivity index is 1.09. The summed E-state index contributed by atoms with van der Waals surface area (Å²) in [5.41, 5.74) is 7.23. The van der Waals surface area contributed by atoms with Gasteiger partial charge in [-0.05, 0) is 87.0 Å². The summed E-state index contributed by atoms with van der Waals surface area (Å²) in [4.78, 5) is 54.2. The third-order valence-corrected chi connectivity index (χ3v) is 10.7. The van der Waals surface area contributed by atoms with Crippen LogP contribution in [0.1, 0.15) is 56.8 Å². The van der Waals surface area contributed by atoms with Crippen molar-refractivity contribution in [2.24, 2.45) is 0 Å². The Morgan fingerprint density at radius 3 is 1.42 bits per heavy atom. The van der Waals surface area contributed by atoms with Crippen LogP contribution < -0.4 is 10.6 Å². The van der Waals surface area contributed by atoms with Crippen LogP contribution in [0.4, 0.5) is 4.39 Å². The molecule has 7 rings (SSSR count). The lowest BCUT2D eigenvalue weighted by molar-refractivity contribution is -0.160. The maximum Gasteiger partial charge on any atom is 0.315 e. The molecule has 0 aromatic heterocycles. The van der Waals surface area contributed by atoms with Gasteiger partial charge in [-0.1, -0.05) is 161 Å². The van der Waals surface area contributed by atoms with Gasteiger partial charge in [0.25, 0.3) is 11.8 Å². The minimum Gasteiger partial charge on any atom is -0.393 e. The van der Waals surface area contributed by atoms with Crippen molar-refractivity contribution in [2.75, 3.05) is 0 Å². The van der Waals surface area contributed by atoms with Gasteiger partial charge in [-0.25, -0.2) is 4.39 Å². The van der Waals surface area contributed by atoms with E-state index in [2.05, 4.69) is 26.6 Å². The van der Waals surface area contributed by atoms with Gasteiger partial charge in [-0.15, -0.1) is 0 Å². The molecule has 60 heavy (non-hydrogen) atoms. The zero-order valence-electron chi connectivity index (χ0n) is 32.0. The number of benzene rings is 7. The van der Waals surface area contributed by atoms with Crippen molar-refractivity contribution < 1.29 is 28.3 Å². The Morgan fingerprint density at radius 2 is 0.933 bits per heavy atom. The minimum atomic E-state index is -0.879. The molecule has 0 radical (unpaired) electrons. The summed E-state index contributed by atoms with van der Waals surface area (Å²) in [6.07, 6.45) is -0.709. The predicted octanol–water partition coefficient (Wildman–Crippen LogP) is 11.7. The van der Waals surface area contributed by atoms with Crippen molar-refractivity contribution in [1.82, 2.24) is 10.6 Å². The van der Waals surface area contributed by atoms with Crippen molar-refractivity contribution in [3.8, 4) is 33.4 Å². The van der Waals surface area contributed by atoms with E-state index in [1.807, 2.05) is 109 Å². The second kappa shape index (κ2) is 19.4. The lowest BCUT2D eigenvalue weighted by Gasteiger charge is -2.21. The van der Waals surface area contributed by atoms with Crippen molar-refractivity contribution in [2.45, 2.75) is 24.9 Å². The number of nitrogens with one attached hydrogen (secondary N) is 2. The number of ether oxygens (including phenoxy) is 1. The fourth-order valence-electron chi connectivity index (χ4n) is 6.73. The number of amides is 2. The van der Waals surface area contributed by atoms with E-state index in [-0.39, 0.29) is 17.9 Å². The molecular weight excluding hydrogens is 843 g/mol. The van der Waals surface area contributed by atoms with E-state index in [9.17, 15) is 23.6 Å². The molecule has 2 amide bonds. The average molecular weight is 880 g/mol. The molecule has 7 aromatic rings. The molecule has 0 bridgehead atoms. The largest absolute Gasteiger partial charge is 0.393 e. The van der Waals surface area contributed by atoms with Gasteiger partial charge in [-0.3, -0.25) is 19.2 Å². The summed E-state index contributed by atoms with van der Waals surface area (Å²) >= 11 is 9.39. The Kier molecular flexibility index (Phi) is 13.4. The van der Waals surface area contributed by atoms with E-state index in [4.69, 9.17) is 16.3 Å². The highest BCUT2D eigenvalue weighted by atomic mass is 79.9. The second-order valence-corrected chi connectivity index (χ2v) is 15.3. The molecule has 0 saturated carbocycles. The summed E-state index contributed by atoms with van der Waals surface area (Å²) < 4.78 is 19.9. The van der Waals surface area contributed by atoms with E-state index in [0.29, 0.717) is 32.3 Å². The SMILES string of the molecule is O=C(CC(NC(=O)c1ccc(-c2ccc(F)c(Cl)c2)cc1)c1ccc(-c2ccccc2)cc1)OC(=O)CC(NC(=O)c1cccc(Br)c1)c1ccc(-c2ccccc2)cc1. The van der Waals surface area contributed by atoms with Crippen LogP contribution in [0.15, 0.2) is 180 Å². The highest BCUT2D eigenvalue weighted by Crippen LogP contribution is 2.28. The van der Waals surface area contributed by atoms with Gasteiger partial charge < -0.3 is 15.4 Å². The van der Waals surface area contributed by atoms with Crippen LogP contribution in [0.3, 0.4) is 0 Å². The molecule has 2 N–H and O–H groups in total. The van der Waals surface area contributed by atoms with Gasteiger partial charge in [0, 0.05) is 15.6 Å². The highest BCUT2D eigenvalue weighted by molar-refractivity contribution is 9.10. The number of halogens is 3. The van der Waals surface area contributed by atoms with Crippen LogP contribution >= 0.6 is 27.5 Å². The molecule has 0 saturated heterocycles. The first-order valence-electron chi connectivity index (χ1n) is 19.1. The normalized spacial score (nSPS) is 11.8. The number of hydrogen-bond donors (Lipinski definition) is 2. The van der Waals surface area contributed by atoms with E-state index in [1.54, 1.807) is 54.6 Å². The maximum atomic E-state index is 13.8. The fourth-order valence-corrected chi connectivity index (χ4v) is 7.31. The molecule has 2 unspecified atom stereocenters. The van der Waals surface area contributed by atoms with Crippen LogP contribution in [-0.4, -0.2) is 23.8 Å².